The van der Waals surface area contributed by atoms with Gasteiger partial charge >= 0.3 is 0 Å². The summed E-state index contributed by atoms with van der Waals surface area (Å²) in [5, 5.41) is 5.17. The summed E-state index contributed by atoms with van der Waals surface area (Å²) < 4.78 is 0. The van der Waals surface area contributed by atoms with E-state index in [-0.39, 0.29) is 0 Å². The van der Waals surface area contributed by atoms with Gasteiger partial charge in [0.25, 0.3) is 0 Å². The lowest BCUT2D eigenvalue weighted by atomic mass is 9.98. The second-order valence-corrected chi connectivity index (χ2v) is 8.51. The van der Waals surface area contributed by atoms with Crippen LogP contribution in [0.15, 0.2) is 122 Å². The van der Waals surface area contributed by atoms with Gasteiger partial charge in [-0.05, 0) is 92.3 Å². The summed E-state index contributed by atoms with van der Waals surface area (Å²) in [5.41, 5.74) is 8.67. The van der Waals surface area contributed by atoms with E-state index in [4.69, 9.17) is 0 Å². The number of anilines is 3. The van der Waals surface area contributed by atoms with E-state index in [1.807, 2.05) is 12.4 Å². The highest BCUT2D eigenvalue weighted by molar-refractivity contribution is 6.17. The molecule has 0 saturated carbocycles. The molecule has 2 nitrogen and oxygen atoms in total. The van der Waals surface area contributed by atoms with Crippen LogP contribution in [0, 0.1) is 0 Å². The Morgan fingerprint density at radius 2 is 1.09 bits per heavy atom. The Hall–Kier alpha value is -4.43. The highest BCUT2D eigenvalue weighted by Crippen LogP contribution is 2.48. The Kier molecular flexibility index (Phi) is 3.88. The van der Waals surface area contributed by atoms with Gasteiger partial charge in [-0.25, -0.2) is 0 Å². The number of fused-ring (bicyclic) bond motifs is 4. The molecule has 0 amide bonds. The van der Waals surface area contributed by atoms with Crippen LogP contribution in [0.25, 0.3) is 43.8 Å². The largest absolute Gasteiger partial charge is 0.310 e. The Labute approximate surface area is 192 Å². The molecule has 5 aromatic carbocycles. The maximum Gasteiger partial charge on any atom is 0.0492 e. The van der Waals surface area contributed by atoms with Crippen molar-refractivity contribution in [1.29, 1.82) is 0 Å². The van der Waals surface area contributed by atoms with Crippen molar-refractivity contribution < 1.29 is 0 Å². The molecule has 33 heavy (non-hydrogen) atoms. The molecule has 0 radical (unpaired) electrons. The van der Waals surface area contributed by atoms with E-state index in [2.05, 4.69) is 119 Å². The number of hydrogen-bond acceptors (Lipinski definition) is 2. The maximum absolute atomic E-state index is 4.22. The van der Waals surface area contributed by atoms with Gasteiger partial charge in [0.2, 0.25) is 0 Å². The average Bonchev–Trinajstić information content (AvgIpc) is 3.19. The number of rotatable bonds is 3. The molecular formula is C31H20N2. The van der Waals surface area contributed by atoms with E-state index in [0.29, 0.717) is 0 Å². The van der Waals surface area contributed by atoms with Crippen LogP contribution < -0.4 is 4.90 Å². The van der Waals surface area contributed by atoms with Crippen molar-refractivity contribution in [2.75, 3.05) is 4.90 Å². The zero-order valence-electron chi connectivity index (χ0n) is 17.9. The molecule has 154 valence electrons. The van der Waals surface area contributed by atoms with Crippen LogP contribution in [0.1, 0.15) is 0 Å². The number of hydrogen-bond donors (Lipinski definition) is 0. The summed E-state index contributed by atoms with van der Waals surface area (Å²) in [6, 6.07) is 39.3. The van der Waals surface area contributed by atoms with Gasteiger partial charge in [-0.2, -0.15) is 0 Å². The zero-order valence-corrected chi connectivity index (χ0v) is 17.9. The van der Waals surface area contributed by atoms with E-state index in [0.717, 1.165) is 17.1 Å². The third-order valence-corrected chi connectivity index (χ3v) is 6.64. The molecule has 1 aromatic heterocycles. The molecule has 1 aliphatic rings. The normalized spacial score (nSPS) is 11.6. The SMILES string of the molecule is c1ccc(N(c2ccncc2)c2ccc3cc4c(cc3c2)-c2cccc3cccc-4c23)cc1. The summed E-state index contributed by atoms with van der Waals surface area (Å²) >= 11 is 0. The van der Waals surface area contributed by atoms with Gasteiger partial charge in [-0.15, -0.1) is 0 Å². The van der Waals surface area contributed by atoms with Crippen LogP contribution in [0.5, 0.6) is 0 Å². The number of benzene rings is 5. The fourth-order valence-corrected chi connectivity index (χ4v) is 5.18. The Balaban J connectivity index is 1.44. The quantitative estimate of drug-likeness (QED) is 0.285. The third kappa shape index (κ3) is 2.78. The molecule has 1 heterocycles. The topological polar surface area (TPSA) is 16.1 Å². The maximum atomic E-state index is 4.22. The second kappa shape index (κ2) is 7.04. The first-order valence-corrected chi connectivity index (χ1v) is 11.2. The Morgan fingerprint density at radius 1 is 0.424 bits per heavy atom. The van der Waals surface area contributed by atoms with Crippen LogP contribution >= 0.6 is 0 Å². The Morgan fingerprint density at radius 3 is 1.82 bits per heavy atom. The first-order chi connectivity index (χ1) is 16.4. The monoisotopic (exact) mass is 420 g/mol. The van der Waals surface area contributed by atoms with Crippen molar-refractivity contribution in [3.63, 3.8) is 0 Å². The second-order valence-electron chi connectivity index (χ2n) is 8.51. The molecule has 0 N–H and O–H groups in total. The summed E-state index contributed by atoms with van der Waals surface area (Å²) in [6.07, 6.45) is 3.69. The van der Waals surface area contributed by atoms with Crippen LogP contribution in [0.2, 0.25) is 0 Å². The van der Waals surface area contributed by atoms with Gasteiger partial charge in [0.05, 0.1) is 0 Å². The lowest BCUT2D eigenvalue weighted by Crippen LogP contribution is -2.09. The van der Waals surface area contributed by atoms with Crippen LogP contribution in [0.4, 0.5) is 17.1 Å². The molecule has 0 bridgehead atoms. The average molecular weight is 421 g/mol. The first-order valence-electron chi connectivity index (χ1n) is 11.2. The van der Waals surface area contributed by atoms with Gasteiger partial charge < -0.3 is 4.90 Å². The van der Waals surface area contributed by atoms with Crippen molar-refractivity contribution in [2.45, 2.75) is 0 Å². The summed E-state index contributed by atoms with van der Waals surface area (Å²) in [4.78, 5) is 6.50. The summed E-state index contributed by atoms with van der Waals surface area (Å²) in [7, 11) is 0. The molecule has 7 rings (SSSR count). The highest BCUT2D eigenvalue weighted by Gasteiger charge is 2.22. The molecule has 0 saturated heterocycles. The molecule has 0 atom stereocenters. The van der Waals surface area contributed by atoms with E-state index in [1.165, 1.54) is 43.8 Å². The summed E-state index contributed by atoms with van der Waals surface area (Å²) in [6.45, 7) is 0. The predicted molar refractivity (Wildman–Crippen MR) is 138 cm³/mol. The first kappa shape index (κ1) is 18.2. The third-order valence-electron chi connectivity index (χ3n) is 6.64. The van der Waals surface area contributed by atoms with E-state index in [1.54, 1.807) is 0 Å². The van der Waals surface area contributed by atoms with Gasteiger partial charge in [0.1, 0.15) is 0 Å². The standard InChI is InChI=1S/C31H20N2/c1-2-8-24(9-3-1)33(25-14-16-32-17-15-25)26-13-12-22-19-29-27-10-4-6-21-7-5-11-28(31(21)27)30(29)20-23(22)18-26/h1-20H. The molecule has 0 aliphatic heterocycles. The number of pyridine rings is 1. The fraction of sp³-hybridized carbons (Fsp3) is 0. The molecule has 2 heteroatoms. The molecule has 6 aromatic rings. The fourth-order valence-electron chi connectivity index (χ4n) is 5.18. The molecule has 0 spiro atoms. The number of aromatic nitrogens is 1. The van der Waals surface area contributed by atoms with E-state index < -0.39 is 0 Å². The van der Waals surface area contributed by atoms with Crippen LogP contribution in [-0.4, -0.2) is 4.98 Å². The summed E-state index contributed by atoms with van der Waals surface area (Å²) in [5.74, 6) is 0. The number of para-hydroxylation sites is 1. The molecular weight excluding hydrogens is 400 g/mol. The lowest BCUT2D eigenvalue weighted by Gasteiger charge is -2.25. The smallest absolute Gasteiger partial charge is 0.0492 e. The van der Waals surface area contributed by atoms with E-state index >= 15 is 0 Å². The zero-order chi connectivity index (χ0) is 21.8. The highest BCUT2D eigenvalue weighted by atomic mass is 15.1. The van der Waals surface area contributed by atoms with Crippen molar-refractivity contribution in [1.82, 2.24) is 4.98 Å². The van der Waals surface area contributed by atoms with Gasteiger partial charge in [0.15, 0.2) is 0 Å². The van der Waals surface area contributed by atoms with E-state index in [9.17, 15) is 0 Å². The predicted octanol–water partition coefficient (Wildman–Crippen LogP) is 8.51. The van der Waals surface area contributed by atoms with Crippen molar-refractivity contribution in [2.24, 2.45) is 0 Å². The number of nitrogens with zero attached hydrogens (tertiary/aromatic N) is 2. The van der Waals surface area contributed by atoms with Crippen LogP contribution in [0.3, 0.4) is 0 Å². The Bertz CT molecular complexity index is 1610. The van der Waals surface area contributed by atoms with Crippen LogP contribution in [-0.2, 0) is 0 Å². The molecule has 0 unspecified atom stereocenters. The minimum absolute atomic E-state index is 1.09. The van der Waals surface area contributed by atoms with Gasteiger partial charge in [-0.1, -0.05) is 60.7 Å². The van der Waals surface area contributed by atoms with Crippen molar-refractivity contribution >= 4 is 38.6 Å². The lowest BCUT2D eigenvalue weighted by molar-refractivity contribution is 1.25. The van der Waals surface area contributed by atoms with Gasteiger partial charge in [-0.3, -0.25) is 4.98 Å². The molecule has 1 aliphatic carbocycles. The van der Waals surface area contributed by atoms with Crippen molar-refractivity contribution in [3.8, 4) is 22.3 Å². The molecule has 0 fully saturated rings. The minimum atomic E-state index is 1.09. The minimum Gasteiger partial charge on any atom is -0.310 e. The van der Waals surface area contributed by atoms with Crippen molar-refractivity contribution in [3.05, 3.63) is 122 Å². The van der Waals surface area contributed by atoms with Gasteiger partial charge in [0, 0.05) is 29.5 Å².